The van der Waals surface area contributed by atoms with Crippen molar-refractivity contribution in [1.29, 1.82) is 0 Å². The second-order valence-corrected chi connectivity index (χ2v) is 4.97. The van der Waals surface area contributed by atoms with Gasteiger partial charge in [-0.15, -0.1) is 0 Å². The Bertz CT molecular complexity index is 471. The smallest absolute Gasteiger partial charge is 0.0410 e. The predicted molar refractivity (Wildman–Crippen MR) is 73.9 cm³/mol. The van der Waals surface area contributed by atoms with Crippen LogP contribution in [0.15, 0.2) is 53.3 Å². The number of hydrogen-bond donors (Lipinski definition) is 1. The molecule has 3 heteroatoms. The summed E-state index contributed by atoms with van der Waals surface area (Å²) in [5.74, 6) is 0.354. The SMILES string of the molecule is NCC(Cc1cncc(Br)c1)c1ccccc1. The molecule has 0 amide bonds. The first-order valence-corrected chi connectivity index (χ1v) is 6.43. The van der Waals surface area contributed by atoms with E-state index in [4.69, 9.17) is 5.73 Å². The summed E-state index contributed by atoms with van der Waals surface area (Å²) in [6.07, 6.45) is 4.62. The van der Waals surface area contributed by atoms with E-state index in [1.165, 1.54) is 11.1 Å². The molecule has 2 nitrogen and oxygen atoms in total. The maximum atomic E-state index is 5.86. The summed E-state index contributed by atoms with van der Waals surface area (Å²) in [5, 5.41) is 0. The first kappa shape index (κ1) is 12.3. The van der Waals surface area contributed by atoms with Crippen LogP contribution in [0.5, 0.6) is 0 Å². The summed E-state index contributed by atoms with van der Waals surface area (Å²) in [5.41, 5.74) is 8.35. The fourth-order valence-electron chi connectivity index (χ4n) is 1.91. The number of nitrogens with zero attached hydrogens (tertiary/aromatic N) is 1. The first-order chi connectivity index (χ1) is 8.29. The van der Waals surface area contributed by atoms with Crippen LogP contribution >= 0.6 is 15.9 Å². The molecule has 88 valence electrons. The highest BCUT2D eigenvalue weighted by Gasteiger charge is 2.10. The van der Waals surface area contributed by atoms with Crippen LogP contribution in [0.3, 0.4) is 0 Å². The van der Waals surface area contributed by atoms with Crippen molar-refractivity contribution >= 4 is 15.9 Å². The third kappa shape index (κ3) is 3.38. The maximum absolute atomic E-state index is 5.86. The summed E-state index contributed by atoms with van der Waals surface area (Å²) in [7, 11) is 0. The van der Waals surface area contributed by atoms with E-state index in [1.807, 2.05) is 12.3 Å². The molecule has 0 aliphatic heterocycles. The lowest BCUT2D eigenvalue weighted by Gasteiger charge is -2.15. The zero-order chi connectivity index (χ0) is 12.1. The van der Waals surface area contributed by atoms with Crippen molar-refractivity contribution in [3.63, 3.8) is 0 Å². The number of hydrogen-bond acceptors (Lipinski definition) is 2. The molecule has 0 fully saturated rings. The van der Waals surface area contributed by atoms with Crippen LogP contribution in [0.4, 0.5) is 0 Å². The number of rotatable bonds is 4. The van der Waals surface area contributed by atoms with Crippen molar-refractivity contribution < 1.29 is 0 Å². The minimum atomic E-state index is 0.354. The van der Waals surface area contributed by atoms with Crippen LogP contribution in [-0.4, -0.2) is 11.5 Å². The Hall–Kier alpha value is -1.19. The number of pyridine rings is 1. The van der Waals surface area contributed by atoms with Crippen molar-refractivity contribution in [2.24, 2.45) is 5.73 Å². The Labute approximate surface area is 110 Å². The minimum Gasteiger partial charge on any atom is -0.330 e. The van der Waals surface area contributed by atoms with Gasteiger partial charge >= 0.3 is 0 Å². The third-order valence-electron chi connectivity index (χ3n) is 2.80. The highest BCUT2D eigenvalue weighted by Crippen LogP contribution is 2.20. The van der Waals surface area contributed by atoms with E-state index < -0.39 is 0 Å². The zero-order valence-electron chi connectivity index (χ0n) is 9.51. The second-order valence-electron chi connectivity index (χ2n) is 4.06. The van der Waals surface area contributed by atoms with E-state index in [0.29, 0.717) is 12.5 Å². The van der Waals surface area contributed by atoms with Crippen LogP contribution in [-0.2, 0) is 6.42 Å². The van der Waals surface area contributed by atoms with Crippen LogP contribution in [0.25, 0.3) is 0 Å². The van der Waals surface area contributed by atoms with E-state index in [0.717, 1.165) is 10.9 Å². The Morgan fingerprint density at radius 1 is 1.18 bits per heavy atom. The van der Waals surface area contributed by atoms with Crippen LogP contribution in [0.2, 0.25) is 0 Å². The van der Waals surface area contributed by atoms with Crippen LogP contribution < -0.4 is 5.73 Å². The molecule has 0 aliphatic rings. The molecular weight excluding hydrogens is 276 g/mol. The van der Waals surface area contributed by atoms with Crippen molar-refractivity contribution in [2.45, 2.75) is 12.3 Å². The molecule has 1 aromatic heterocycles. The molecule has 0 aliphatic carbocycles. The van der Waals surface area contributed by atoms with E-state index >= 15 is 0 Å². The fourth-order valence-corrected chi connectivity index (χ4v) is 2.33. The highest BCUT2D eigenvalue weighted by atomic mass is 79.9. The predicted octanol–water partition coefficient (Wildman–Crippen LogP) is 3.13. The Kier molecular flexibility index (Phi) is 4.29. The topological polar surface area (TPSA) is 38.9 Å². The van der Waals surface area contributed by atoms with Crippen LogP contribution in [0.1, 0.15) is 17.0 Å². The molecule has 2 N–H and O–H groups in total. The lowest BCUT2D eigenvalue weighted by molar-refractivity contribution is 0.692. The lowest BCUT2D eigenvalue weighted by atomic mass is 9.93. The number of nitrogens with two attached hydrogens (primary N) is 1. The van der Waals surface area contributed by atoms with Crippen molar-refractivity contribution in [3.8, 4) is 0 Å². The molecule has 0 bridgehead atoms. The largest absolute Gasteiger partial charge is 0.330 e. The Balaban J connectivity index is 2.16. The molecule has 0 saturated carbocycles. The van der Waals surface area contributed by atoms with Gasteiger partial charge in [-0.25, -0.2) is 0 Å². The molecule has 1 unspecified atom stereocenters. The standard InChI is InChI=1S/C14H15BrN2/c15-14-7-11(9-17-10-14)6-13(8-16)12-4-2-1-3-5-12/h1-5,7,9-10,13H,6,8,16H2. The van der Waals surface area contributed by atoms with E-state index in [2.05, 4.69) is 51.2 Å². The second kappa shape index (κ2) is 5.94. The van der Waals surface area contributed by atoms with Gasteiger partial charge in [-0.1, -0.05) is 30.3 Å². The van der Waals surface area contributed by atoms with E-state index in [9.17, 15) is 0 Å². The molecule has 1 aromatic carbocycles. The van der Waals surface area contributed by atoms with Gasteiger partial charge in [0.25, 0.3) is 0 Å². The maximum Gasteiger partial charge on any atom is 0.0410 e. The molecular formula is C14H15BrN2. The van der Waals surface area contributed by atoms with Crippen LogP contribution in [0, 0.1) is 0 Å². The van der Waals surface area contributed by atoms with Gasteiger partial charge in [-0.3, -0.25) is 4.98 Å². The lowest BCUT2D eigenvalue weighted by Crippen LogP contribution is -2.15. The fraction of sp³-hybridized carbons (Fsp3) is 0.214. The average Bonchev–Trinajstić information content (AvgIpc) is 2.37. The molecule has 0 saturated heterocycles. The van der Waals surface area contributed by atoms with Crippen molar-refractivity contribution in [3.05, 3.63) is 64.4 Å². The van der Waals surface area contributed by atoms with Gasteiger partial charge in [0.05, 0.1) is 0 Å². The summed E-state index contributed by atoms with van der Waals surface area (Å²) in [6, 6.07) is 12.5. The average molecular weight is 291 g/mol. The first-order valence-electron chi connectivity index (χ1n) is 5.64. The molecule has 0 spiro atoms. The molecule has 0 radical (unpaired) electrons. The summed E-state index contributed by atoms with van der Waals surface area (Å²) in [6.45, 7) is 0.649. The van der Waals surface area contributed by atoms with E-state index in [-0.39, 0.29) is 0 Å². The van der Waals surface area contributed by atoms with Crippen molar-refractivity contribution in [1.82, 2.24) is 4.98 Å². The summed E-state index contributed by atoms with van der Waals surface area (Å²) in [4.78, 5) is 4.18. The Morgan fingerprint density at radius 2 is 1.94 bits per heavy atom. The summed E-state index contributed by atoms with van der Waals surface area (Å²) >= 11 is 3.44. The minimum absolute atomic E-state index is 0.354. The van der Waals surface area contributed by atoms with Gasteiger partial charge in [0, 0.05) is 22.8 Å². The number of aromatic nitrogens is 1. The van der Waals surface area contributed by atoms with Gasteiger partial charge < -0.3 is 5.73 Å². The quantitative estimate of drug-likeness (QED) is 0.940. The molecule has 17 heavy (non-hydrogen) atoms. The molecule has 2 aromatic rings. The highest BCUT2D eigenvalue weighted by molar-refractivity contribution is 9.10. The molecule has 2 rings (SSSR count). The monoisotopic (exact) mass is 290 g/mol. The normalized spacial score (nSPS) is 12.4. The number of halogens is 1. The van der Waals surface area contributed by atoms with E-state index in [1.54, 1.807) is 6.20 Å². The van der Waals surface area contributed by atoms with Gasteiger partial charge in [0.15, 0.2) is 0 Å². The van der Waals surface area contributed by atoms with Gasteiger partial charge in [-0.05, 0) is 46.1 Å². The molecule has 1 atom stereocenters. The van der Waals surface area contributed by atoms with Gasteiger partial charge in [-0.2, -0.15) is 0 Å². The summed E-state index contributed by atoms with van der Waals surface area (Å²) < 4.78 is 1.01. The van der Waals surface area contributed by atoms with Crippen molar-refractivity contribution in [2.75, 3.05) is 6.54 Å². The third-order valence-corrected chi connectivity index (χ3v) is 3.23. The van der Waals surface area contributed by atoms with Gasteiger partial charge in [0.1, 0.15) is 0 Å². The molecule has 1 heterocycles. The Morgan fingerprint density at radius 3 is 2.59 bits per heavy atom. The zero-order valence-corrected chi connectivity index (χ0v) is 11.1. The van der Waals surface area contributed by atoms with Gasteiger partial charge in [0.2, 0.25) is 0 Å². The number of benzene rings is 1.